The van der Waals surface area contributed by atoms with Gasteiger partial charge in [-0.15, -0.1) is 13.2 Å². The van der Waals surface area contributed by atoms with E-state index in [1.165, 1.54) is 12.8 Å². The van der Waals surface area contributed by atoms with Crippen LogP contribution in [0.5, 0.6) is 0 Å². The van der Waals surface area contributed by atoms with Gasteiger partial charge in [-0.3, -0.25) is 9.59 Å². The first-order chi connectivity index (χ1) is 10.2. The Labute approximate surface area is 125 Å². The second kappa shape index (κ2) is 3.59. The van der Waals surface area contributed by atoms with Crippen LogP contribution in [0, 0.1) is 52.8 Å². The minimum Gasteiger partial charge on any atom is -0.299 e. The average Bonchev–Trinajstić information content (AvgIpc) is 3.04. The summed E-state index contributed by atoms with van der Waals surface area (Å²) < 4.78 is 0. The molecule has 5 rings (SSSR count). The van der Waals surface area contributed by atoms with E-state index in [9.17, 15) is 9.59 Å². The first kappa shape index (κ1) is 12.4. The topological polar surface area (TPSA) is 34.1 Å². The molecular weight excluding hydrogens is 260 g/mol. The van der Waals surface area contributed by atoms with Gasteiger partial charge in [0.05, 0.1) is 0 Å². The number of hydrogen-bond acceptors (Lipinski definition) is 2. The number of rotatable bonds is 4. The van der Waals surface area contributed by atoms with E-state index in [1.54, 1.807) is 0 Å². The summed E-state index contributed by atoms with van der Waals surface area (Å²) in [6, 6.07) is 0. The predicted octanol–water partition coefficient (Wildman–Crippen LogP) is 3.04. The van der Waals surface area contributed by atoms with Gasteiger partial charge in [0.15, 0.2) is 0 Å². The first-order valence-electron chi connectivity index (χ1n) is 8.46. The maximum absolute atomic E-state index is 12.9. The molecule has 0 saturated heterocycles. The van der Waals surface area contributed by atoms with Crippen LogP contribution in [0.15, 0.2) is 25.3 Å². The van der Waals surface area contributed by atoms with Crippen LogP contribution in [0.1, 0.15) is 25.7 Å². The quantitative estimate of drug-likeness (QED) is 0.743. The van der Waals surface area contributed by atoms with Gasteiger partial charge >= 0.3 is 0 Å². The summed E-state index contributed by atoms with van der Waals surface area (Å²) >= 11 is 0. The van der Waals surface area contributed by atoms with Crippen LogP contribution in [0.3, 0.4) is 0 Å². The van der Waals surface area contributed by atoms with Crippen molar-refractivity contribution in [2.45, 2.75) is 25.7 Å². The fourth-order valence-electron chi connectivity index (χ4n) is 7.44. The number of Topliss-reactive ketones (excluding diaryl/α,β-unsaturated/α-hetero) is 2. The Hall–Kier alpha value is -1.18. The summed E-state index contributed by atoms with van der Waals surface area (Å²) in [5, 5.41) is 0. The van der Waals surface area contributed by atoms with Crippen molar-refractivity contribution >= 4 is 11.6 Å². The van der Waals surface area contributed by atoms with E-state index >= 15 is 0 Å². The zero-order valence-corrected chi connectivity index (χ0v) is 12.3. The molecule has 110 valence electrons. The summed E-state index contributed by atoms with van der Waals surface area (Å²) in [4.78, 5) is 25.8. The van der Waals surface area contributed by atoms with Crippen molar-refractivity contribution in [3.8, 4) is 0 Å². The Balaban J connectivity index is 1.67. The minimum absolute atomic E-state index is 0.0750. The van der Waals surface area contributed by atoms with Crippen LogP contribution in [0.4, 0.5) is 0 Å². The van der Waals surface area contributed by atoms with Gasteiger partial charge in [0.25, 0.3) is 0 Å². The van der Waals surface area contributed by atoms with Crippen molar-refractivity contribution in [2.75, 3.05) is 0 Å². The third kappa shape index (κ3) is 1.09. The molecule has 2 nitrogen and oxygen atoms in total. The molecule has 0 N–H and O–H groups in total. The average molecular weight is 282 g/mol. The largest absolute Gasteiger partial charge is 0.299 e. The summed E-state index contributed by atoms with van der Waals surface area (Å²) in [5.41, 5.74) is 0.391. The normalized spacial score (nSPS) is 53.7. The standard InChI is InChI=1S/C19H22O2/c1-3-5-9-11-12-10(6-4-2)18(21)14-13(17(9)20)15(11)19(7-8-19)16(12)14/h3-4,9-16H,1-2,5-8H2/t9-,10+,11+,12-,13-,14-,15-,16+/m0/s1. The zero-order valence-electron chi connectivity index (χ0n) is 12.3. The number of allylic oxidation sites excluding steroid dienone is 2. The molecule has 2 bridgehead atoms. The Morgan fingerprint density at radius 2 is 1.33 bits per heavy atom. The fourth-order valence-corrected chi connectivity index (χ4v) is 7.44. The van der Waals surface area contributed by atoms with E-state index in [0.717, 1.165) is 12.8 Å². The predicted molar refractivity (Wildman–Crippen MR) is 79.2 cm³/mol. The van der Waals surface area contributed by atoms with E-state index in [0.29, 0.717) is 40.7 Å². The molecule has 0 aliphatic heterocycles. The van der Waals surface area contributed by atoms with Crippen molar-refractivity contribution in [1.82, 2.24) is 0 Å². The van der Waals surface area contributed by atoms with Crippen molar-refractivity contribution in [1.29, 1.82) is 0 Å². The first-order valence-corrected chi connectivity index (χ1v) is 8.46. The van der Waals surface area contributed by atoms with Gasteiger partial charge in [0.2, 0.25) is 0 Å². The van der Waals surface area contributed by atoms with Crippen molar-refractivity contribution in [3.63, 3.8) is 0 Å². The molecular formula is C19H22O2. The summed E-state index contributed by atoms with van der Waals surface area (Å²) in [6.07, 6.45) is 8.00. The molecule has 0 heterocycles. The van der Waals surface area contributed by atoms with Gasteiger partial charge in [-0.2, -0.15) is 0 Å². The lowest BCUT2D eigenvalue weighted by molar-refractivity contribution is -0.132. The van der Waals surface area contributed by atoms with Crippen LogP contribution in [-0.2, 0) is 9.59 Å². The molecule has 0 amide bonds. The van der Waals surface area contributed by atoms with Gasteiger partial charge in [-0.25, -0.2) is 0 Å². The Morgan fingerprint density at radius 3 is 1.67 bits per heavy atom. The number of carbonyl (C=O) groups excluding carboxylic acids is 2. The van der Waals surface area contributed by atoms with Gasteiger partial charge in [0, 0.05) is 23.7 Å². The van der Waals surface area contributed by atoms with Gasteiger partial charge in [0.1, 0.15) is 11.6 Å². The maximum atomic E-state index is 12.9. The molecule has 8 atom stereocenters. The molecule has 0 aromatic rings. The molecule has 0 aromatic carbocycles. The molecule has 0 radical (unpaired) electrons. The highest BCUT2D eigenvalue weighted by atomic mass is 16.1. The Bertz CT molecular complexity index is 536. The number of carbonyl (C=O) groups is 2. The van der Waals surface area contributed by atoms with E-state index in [4.69, 9.17) is 0 Å². The van der Waals surface area contributed by atoms with Crippen LogP contribution in [-0.4, -0.2) is 11.6 Å². The second-order valence-electron chi connectivity index (χ2n) is 8.06. The van der Waals surface area contributed by atoms with E-state index < -0.39 is 0 Å². The highest BCUT2D eigenvalue weighted by molar-refractivity contribution is 5.99. The monoisotopic (exact) mass is 282 g/mol. The molecule has 5 aliphatic carbocycles. The number of fused-ring (bicyclic) bond motifs is 2. The van der Waals surface area contributed by atoms with E-state index in [2.05, 4.69) is 13.2 Å². The smallest absolute Gasteiger partial charge is 0.140 e. The van der Waals surface area contributed by atoms with Crippen LogP contribution < -0.4 is 0 Å². The third-order valence-corrected chi connectivity index (χ3v) is 7.75. The Kier molecular flexibility index (Phi) is 2.11. The second-order valence-corrected chi connectivity index (χ2v) is 8.06. The summed E-state index contributed by atoms with van der Waals surface area (Å²) in [6.45, 7) is 7.72. The van der Waals surface area contributed by atoms with E-state index in [1.807, 2.05) is 12.2 Å². The third-order valence-electron chi connectivity index (χ3n) is 7.75. The van der Waals surface area contributed by atoms with Crippen molar-refractivity contribution in [2.24, 2.45) is 52.8 Å². The molecule has 0 aromatic heterocycles. The van der Waals surface area contributed by atoms with E-state index in [-0.39, 0.29) is 23.7 Å². The maximum Gasteiger partial charge on any atom is 0.140 e. The lowest BCUT2D eigenvalue weighted by Gasteiger charge is -2.28. The number of ketones is 2. The van der Waals surface area contributed by atoms with Crippen LogP contribution in [0.2, 0.25) is 0 Å². The highest BCUT2D eigenvalue weighted by Crippen LogP contribution is 2.85. The lowest BCUT2D eigenvalue weighted by atomic mass is 9.74. The molecule has 5 fully saturated rings. The van der Waals surface area contributed by atoms with Gasteiger partial charge < -0.3 is 0 Å². The van der Waals surface area contributed by atoms with Crippen molar-refractivity contribution < 1.29 is 9.59 Å². The molecule has 5 saturated carbocycles. The van der Waals surface area contributed by atoms with Crippen molar-refractivity contribution in [3.05, 3.63) is 25.3 Å². The van der Waals surface area contributed by atoms with Crippen LogP contribution >= 0.6 is 0 Å². The molecule has 5 aliphatic rings. The summed E-state index contributed by atoms with van der Waals surface area (Å²) in [5.74, 6) is 3.32. The van der Waals surface area contributed by atoms with Gasteiger partial charge in [-0.1, -0.05) is 12.2 Å². The highest BCUT2D eigenvalue weighted by Gasteiger charge is 2.84. The molecule has 0 unspecified atom stereocenters. The van der Waals surface area contributed by atoms with Gasteiger partial charge in [-0.05, 0) is 54.8 Å². The molecule has 2 heteroatoms. The minimum atomic E-state index is 0.0750. The van der Waals surface area contributed by atoms with Crippen LogP contribution in [0.25, 0.3) is 0 Å². The number of hydrogen-bond donors (Lipinski definition) is 0. The zero-order chi connectivity index (χ0) is 14.5. The SMILES string of the molecule is C=CC[C@@H]1C(=O)[C@H]2[C@@H]3C(=O)[C@H](CC=C)[C@H]4[C@@H]1[C@@H]2C1(CC1)[C@@H]34. The molecule has 21 heavy (non-hydrogen) atoms. The Morgan fingerprint density at radius 1 is 0.905 bits per heavy atom. The lowest BCUT2D eigenvalue weighted by Crippen LogP contribution is -2.28. The fraction of sp³-hybridized carbons (Fsp3) is 0.684. The molecule has 1 spiro atoms. The summed E-state index contributed by atoms with van der Waals surface area (Å²) in [7, 11) is 0.